The molecule has 2 aliphatic rings. The monoisotopic (exact) mass is 445 g/mol. The fourth-order valence-corrected chi connectivity index (χ4v) is 4.84. The Balaban J connectivity index is 0.00000256. The number of aliphatic hydroxyl groups is 1. The molecule has 2 N–H and O–H groups in total. The summed E-state index contributed by atoms with van der Waals surface area (Å²) in [7, 11) is 0. The lowest BCUT2D eigenvalue weighted by Gasteiger charge is -2.32. The predicted molar refractivity (Wildman–Crippen MR) is 107 cm³/mol. The molecule has 30 heavy (non-hydrogen) atoms. The van der Waals surface area contributed by atoms with Gasteiger partial charge >= 0.3 is 6.36 Å². The summed E-state index contributed by atoms with van der Waals surface area (Å²) in [5.74, 6) is -0.588. The van der Waals surface area contributed by atoms with Crippen LogP contribution in [0.1, 0.15) is 49.3 Å². The maximum atomic E-state index is 13.6. The van der Waals surface area contributed by atoms with Crippen molar-refractivity contribution in [1.29, 1.82) is 0 Å². The number of fused-ring (bicyclic) bond motifs is 2. The van der Waals surface area contributed by atoms with Crippen molar-refractivity contribution < 1.29 is 27.4 Å². The summed E-state index contributed by atoms with van der Waals surface area (Å²) >= 11 is 0. The van der Waals surface area contributed by atoms with Crippen molar-refractivity contribution in [1.82, 2.24) is 5.32 Å². The third kappa shape index (κ3) is 4.74. The van der Waals surface area contributed by atoms with Crippen LogP contribution in [0.3, 0.4) is 0 Å². The Morgan fingerprint density at radius 3 is 2.30 bits per heavy atom. The Kier molecular flexibility index (Phi) is 6.37. The first-order valence-corrected chi connectivity index (χ1v) is 9.76. The van der Waals surface area contributed by atoms with Gasteiger partial charge in [-0.2, -0.15) is 0 Å². The van der Waals surface area contributed by atoms with Gasteiger partial charge in [0.15, 0.2) is 0 Å². The van der Waals surface area contributed by atoms with E-state index in [1.54, 1.807) is 24.3 Å². The molecule has 0 radical (unpaired) electrons. The van der Waals surface area contributed by atoms with Gasteiger partial charge in [0.05, 0.1) is 6.10 Å². The van der Waals surface area contributed by atoms with E-state index in [1.165, 1.54) is 24.3 Å². The Hall–Kier alpha value is -1.83. The first-order valence-electron chi connectivity index (χ1n) is 9.76. The van der Waals surface area contributed by atoms with Gasteiger partial charge in [-0.3, -0.25) is 0 Å². The smallest absolute Gasteiger partial charge is 0.406 e. The van der Waals surface area contributed by atoms with E-state index < -0.39 is 18.0 Å². The molecule has 2 saturated heterocycles. The second-order valence-electron chi connectivity index (χ2n) is 8.21. The summed E-state index contributed by atoms with van der Waals surface area (Å²) in [5.41, 5.74) is 0.967. The summed E-state index contributed by atoms with van der Waals surface area (Å²) in [5, 5.41) is 14.5. The highest BCUT2D eigenvalue weighted by Gasteiger charge is 2.56. The van der Waals surface area contributed by atoms with E-state index in [0.29, 0.717) is 12.0 Å². The molecule has 2 aliphatic heterocycles. The summed E-state index contributed by atoms with van der Waals surface area (Å²) in [6.07, 6.45) is -0.490. The number of alkyl halides is 3. The van der Waals surface area contributed by atoms with Crippen molar-refractivity contribution in [3.8, 4) is 5.75 Å². The molecule has 0 spiro atoms. The molecule has 2 bridgehead atoms. The highest BCUT2D eigenvalue weighted by molar-refractivity contribution is 5.85. The molecule has 0 aromatic heterocycles. The normalized spacial score (nSPS) is 26.3. The molecule has 164 valence electrons. The zero-order chi connectivity index (χ0) is 20.7. The molecular formula is C22H24ClF4NO2. The number of halogens is 5. The van der Waals surface area contributed by atoms with Gasteiger partial charge in [-0.25, -0.2) is 4.39 Å². The molecule has 0 saturated carbocycles. The second kappa shape index (κ2) is 8.36. The molecule has 0 unspecified atom stereocenters. The minimum atomic E-state index is -4.69. The fraction of sp³-hybridized carbons (Fsp3) is 0.455. The van der Waals surface area contributed by atoms with E-state index in [9.17, 15) is 22.7 Å². The van der Waals surface area contributed by atoms with Crippen molar-refractivity contribution in [3.63, 3.8) is 0 Å². The molecule has 2 aromatic rings. The number of aryl methyl sites for hydroxylation is 1. The summed E-state index contributed by atoms with van der Waals surface area (Å²) in [6, 6.07) is 12.0. The predicted octanol–water partition coefficient (Wildman–Crippen LogP) is 5.47. The van der Waals surface area contributed by atoms with E-state index in [-0.39, 0.29) is 29.5 Å². The molecule has 8 heteroatoms. The van der Waals surface area contributed by atoms with Crippen LogP contribution in [-0.2, 0) is 6.42 Å². The molecular weight excluding hydrogens is 422 g/mol. The van der Waals surface area contributed by atoms with Gasteiger partial charge in [-0.05, 0) is 73.9 Å². The highest BCUT2D eigenvalue weighted by atomic mass is 35.5. The third-order valence-electron chi connectivity index (χ3n) is 6.35. The van der Waals surface area contributed by atoms with Crippen LogP contribution >= 0.6 is 12.4 Å². The largest absolute Gasteiger partial charge is 0.573 e. The molecule has 2 heterocycles. The number of hydrogen-bond donors (Lipinski definition) is 2. The van der Waals surface area contributed by atoms with Crippen molar-refractivity contribution in [3.05, 3.63) is 65.5 Å². The van der Waals surface area contributed by atoms with Gasteiger partial charge in [-0.15, -0.1) is 25.6 Å². The highest BCUT2D eigenvalue weighted by Crippen LogP contribution is 2.52. The third-order valence-corrected chi connectivity index (χ3v) is 6.35. The van der Waals surface area contributed by atoms with Crippen molar-refractivity contribution in [2.75, 3.05) is 0 Å². The first kappa shape index (κ1) is 22.8. The Labute approximate surface area is 178 Å². The molecule has 0 aliphatic carbocycles. The van der Waals surface area contributed by atoms with Crippen molar-refractivity contribution in [2.24, 2.45) is 0 Å². The van der Waals surface area contributed by atoms with Crippen LogP contribution in [0.5, 0.6) is 5.75 Å². The van der Waals surface area contributed by atoms with E-state index in [2.05, 4.69) is 10.1 Å². The minimum absolute atomic E-state index is 0. The zero-order valence-corrected chi connectivity index (χ0v) is 17.0. The SMILES string of the molecule is Cl.O[C@H](c1cccc(F)c1)C12CCC(CCc3ccc(OC(F)(F)F)cc3)(CC1)N2. The van der Waals surface area contributed by atoms with Gasteiger partial charge in [-0.1, -0.05) is 24.3 Å². The number of benzene rings is 2. The minimum Gasteiger partial charge on any atom is -0.406 e. The number of nitrogens with one attached hydrogen (secondary N) is 1. The lowest BCUT2D eigenvalue weighted by molar-refractivity contribution is -0.274. The summed E-state index contributed by atoms with van der Waals surface area (Å²) < 4.78 is 54.3. The van der Waals surface area contributed by atoms with Crippen LogP contribution < -0.4 is 10.1 Å². The molecule has 2 aromatic carbocycles. The molecule has 1 atom stereocenters. The van der Waals surface area contributed by atoms with E-state index in [0.717, 1.165) is 37.7 Å². The maximum absolute atomic E-state index is 13.6. The first-order chi connectivity index (χ1) is 13.7. The Morgan fingerprint density at radius 1 is 1.03 bits per heavy atom. The topological polar surface area (TPSA) is 41.5 Å². The Bertz CT molecular complexity index is 864. The lowest BCUT2D eigenvalue weighted by Crippen LogP contribution is -2.46. The number of hydrogen-bond acceptors (Lipinski definition) is 3. The van der Waals surface area contributed by atoms with E-state index in [1.807, 2.05) is 0 Å². The van der Waals surface area contributed by atoms with Crippen LogP contribution in [-0.4, -0.2) is 22.5 Å². The summed E-state index contributed by atoms with van der Waals surface area (Å²) in [4.78, 5) is 0. The van der Waals surface area contributed by atoms with Crippen molar-refractivity contribution in [2.45, 2.75) is 62.1 Å². The average Bonchev–Trinajstić information content (AvgIpc) is 3.24. The van der Waals surface area contributed by atoms with Crippen LogP contribution in [0.4, 0.5) is 17.6 Å². The van der Waals surface area contributed by atoms with Crippen LogP contribution in [0, 0.1) is 5.82 Å². The number of ether oxygens (including phenoxy) is 1. The van der Waals surface area contributed by atoms with Gasteiger partial charge in [0.2, 0.25) is 0 Å². The van der Waals surface area contributed by atoms with Crippen LogP contribution in [0.15, 0.2) is 48.5 Å². The van der Waals surface area contributed by atoms with Gasteiger partial charge in [0.25, 0.3) is 0 Å². The summed E-state index contributed by atoms with van der Waals surface area (Å²) in [6.45, 7) is 0. The van der Waals surface area contributed by atoms with E-state index in [4.69, 9.17) is 0 Å². The van der Waals surface area contributed by atoms with Crippen LogP contribution in [0.2, 0.25) is 0 Å². The van der Waals surface area contributed by atoms with Crippen molar-refractivity contribution >= 4 is 12.4 Å². The van der Waals surface area contributed by atoms with Gasteiger partial charge in [0, 0.05) is 11.1 Å². The van der Waals surface area contributed by atoms with Crippen LogP contribution in [0.25, 0.3) is 0 Å². The maximum Gasteiger partial charge on any atom is 0.573 e. The van der Waals surface area contributed by atoms with Gasteiger partial charge < -0.3 is 15.2 Å². The van der Waals surface area contributed by atoms with E-state index >= 15 is 0 Å². The fourth-order valence-electron chi connectivity index (χ4n) is 4.84. The average molecular weight is 446 g/mol. The molecule has 0 amide bonds. The molecule has 2 fully saturated rings. The van der Waals surface area contributed by atoms with Gasteiger partial charge in [0.1, 0.15) is 11.6 Å². The number of rotatable bonds is 6. The molecule has 3 nitrogen and oxygen atoms in total. The Morgan fingerprint density at radius 2 is 1.70 bits per heavy atom. The lowest BCUT2D eigenvalue weighted by atomic mass is 9.76. The molecule has 4 rings (SSSR count). The quantitative estimate of drug-likeness (QED) is 0.579. The standard InChI is InChI=1S/C22H23F4NO2.ClH/c23-17-3-1-2-16(14-17)19(28)21-12-10-20(27-21,11-13-21)9-8-15-4-6-18(7-5-15)29-22(24,25)26;/h1-7,14,19,27-28H,8-13H2;1H/t19-,20?,21?;/m1./s1. The number of aliphatic hydroxyl groups excluding tert-OH is 1. The zero-order valence-electron chi connectivity index (χ0n) is 16.2. The second-order valence-corrected chi connectivity index (χ2v) is 8.21.